The molecule has 0 aromatic heterocycles. The number of Topliss-reactive ketones (excluding diaryl/α,β-unsaturated/α-hetero) is 3. The Bertz CT molecular complexity index is 799. The minimum atomic E-state index is -1.06. The summed E-state index contributed by atoms with van der Waals surface area (Å²) in [6, 6.07) is 0. The quantitative estimate of drug-likeness (QED) is 0.0713. The fourth-order valence-corrected chi connectivity index (χ4v) is 4.88. The van der Waals surface area contributed by atoms with E-state index in [0.717, 1.165) is 38.5 Å². The van der Waals surface area contributed by atoms with Gasteiger partial charge in [0, 0.05) is 45.1 Å². The number of hydrogen-bond donors (Lipinski definition) is 2. The molecular weight excluding hydrogens is 596 g/mol. The zero-order valence-corrected chi connectivity index (χ0v) is 28.4. The molecule has 0 aliphatic carbocycles. The molecule has 0 bridgehead atoms. The van der Waals surface area contributed by atoms with Gasteiger partial charge in [0.1, 0.15) is 17.3 Å². The van der Waals surface area contributed by atoms with Gasteiger partial charge in [-0.15, -0.1) is 0 Å². The Morgan fingerprint density at radius 1 is 0.457 bits per heavy atom. The van der Waals surface area contributed by atoms with Crippen molar-refractivity contribution in [2.24, 2.45) is 5.92 Å². The van der Waals surface area contributed by atoms with E-state index in [1.54, 1.807) is 0 Å². The van der Waals surface area contributed by atoms with Crippen molar-refractivity contribution in [3.63, 3.8) is 0 Å². The summed E-state index contributed by atoms with van der Waals surface area (Å²) in [6.45, 7) is 4.58. The number of carbonyl (C=O) groups excluding carboxylic acids is 3. The van der Waals surface area contributed by atoms with E-state index in [9.17, 15) is 29.1 Å². The number of hydrogen-bond acceptors (Lipinski definition) is 9. The number of ether oxygens (including phenoxy) is 4. The predicted octanol–water partition coefficient (Wildman–Crippen LogP) is 6.37. The summed E-state index contributed by atoms with van der Waals surface area (Å²) in [5, 5.41) is 17.8. The average molecular weight is 659 g/mol. The number of unbranched alkanes of at least 4 members (excludes halogenated alkanes) is 11. The van der Waals surface area contributed by atoms with Crippen molar-refractivity contribution < 1.29 is 53.1 Å². The highest BCUT2D eigenvalue weighted by atomic mass is 16.6. The number of aliphatic carboxylic acids is 2. The van der Waals surface area contributed by atoms with Gasteiger partial charge in [-0.1, -0.05) is 64.2 Å². The molecule has 0 aliphatic heterocycles. The van der Waals surface area contributed by atoms with Gasteiger partial charge in [0.2, 0.25) is 0 Å². The minimum Gasteiger partial charge on any atom is -0.481 e. The van der Waals surface area contributed by atoms with Gasteiger partial charge < -0.3 is 34.0 Å². The molecule has 0 fully saturated rings. The van der Waals surface area contributed by atoms with Gasteiger partial charge in [0.05, 0.1) is 52.2 Å². The van der Waals surface area contributed by atoms with Crippen molar-refractivity contribution in [2.75, 3.05) is 52.9 Å². The Hall–Kier alpha value is -2.21. The van der Waals surface area contributed by atoms with Crippen molar-refractivity contribution in [3.05, 3.63) is 0 Å². The van der Waals surface area contributed by atoms with Crippen molar-refractivity contribution in [1.82, 2.24) is 0 Å². The van der Waals surface area contributed by atoms with Gasteiger partial charge in [-0.2, -0.15) is 0 Å². The van der Waals surface area contributed by atoms with E-state index in [0.29, 0.717) is 71.3 Å². The summed E-state index contributed by atoms with van der Waals surface area (Å²) in [4.78, 5) is 56.8. The maximum atomic E-state index is 12.1. The van der Waals surface area contributed by atoms with Crippen LogP contribution in [-0.2, 0) is 42.9 Å². The maximum absolute atomic E-state index is 12.1. The second-order valence-corrected chi connectivity index (χ2v) is 12.0. The van der Waals surface area contributed by atoms with E-state index in [1.807, 2.05) is 0 Å². The molecule has 0 aliphatic rings. The first-order chi connectivity index (χ1) is 22.2. The van der Waals surface area contributed by atoms with Crippen molar-refractivity contribution in [2.45, 2.75) is 135 Å². The van der Waals surface area contributed by atoms with E-state index in [4.69, 9.17) is 24.1 Å². The molecular formula is C35H62O11. The van der Waals surface area contributed by atoms with Crippen LogP contribution in [0.2, 0.25) is 0 Å². The van der Waals surface area contributed by atoms with Crippen LogP contribution in [0.1, 0.15) is 135 Å². The Labute approximate surface area is 276 Å². The highest BCUT2D eigenvalue weighted by molar-refractivity contribution is 5.84. The summed E-state index contributed by atoms with van der Waals surface area (Å²) in [5.74, 6) is -2.56. The Morgan fingerprint density at radius 3 is 1.33 bits per heavy atom. The van der Waals surface area contributed by atoms with Crippen LogP contribution in [0.3, 0.4) is 0 Å². The van der Waals surface area contributed by atoms with Crippen LogP contribution in [0.5, 0.6) is 0 Å². The van der Waals surface area contributed by atoms with Gasteiger partial charge >= 0.3 is 11.9 Å². The fraction of sp³-hybridized carbons (Fsp3) is 0.857. The summed E-state index contributed by atoms with van der Waals surface area (Å²) >= 11 is 0. The molecule has 11 heteroatoms. The van der Waals surface area contributed by atoms with Gasteiger partial charge in [0.25, 0.3) is 0 Å². The maximum Gasteiger partial charge on any atom is 0.306 e. The van der Waals surface area contributed by atoms with Crippen LogP contribution in [-0.4, -0.2) is 92.4 Å². The molecule has 11 nitrogen and oxygen atoms in total. The first-order valence-electron chi connectivity index (χ1n) is 17.5. The van der Waals surface area contributed by atoms with Crippen LogP contribution < -0.4 is 0 Å². The molecule has 46 heavy (non-hydrogen) atoms. The van der Waals surface area contributed by atoms with E-state index >= 15 is 0 Å². The predicted molar refractivity (Wildman–Crippen MR) is 175 cm³/mol. The number of carboxylic acid groups (broad SMARTS) is 2. The lowest BCUT2D eigenvalue weighted by Gasteiger charge is -2.11. The molecule has 268 valence electrons. The molecule has 2 N–H and O–H groups in total. The normalized spacial score (nSPS) is 11.8. The third kappa shape index (κ3) is 33.2. The monoisotopic (exact) mass is 658 g/mol. The van der Waals surface area contributed by atoms with Crippen LogP contribution in [0.15, 0.2) is 0 Å². The van der Waals surface area contributed by atoms with Crippen LogP contribution in [0.4, 0.5) is 0 Å². The molecule has 0 saturated heterocycles. The van der Waals surface area contributed by atoms with Gasteiger partial charge in [-0.25, -0.2) is 0 Å². The fourth-order valence-electron chi connectivity index (χ4n) is 4.88. The SMILES string of the molecule is CC(=O)CC[C@H](CC(=O)CCOCCOCCOCCOCCCC(=O)CCCCCCCCCCCCCCC(=O)O)C(=O)O. The lowest BCUT2D eigenvalue weighted by atomic mass is 9.95. The first-order valence-corrected chi connectivity index (χ1v) is 17.5. The topological polar surface area (TPSA) is 163 Å². The molecule has 0 rings (SSSR count). The summed E-state index contributed by atoms with van der Waals surface area (Å²) < 4.78 is 21.8. The van der Waals surface area contributed by atoms with Crippen molar-refractivity contribution in [1.29, 1.82) is 0 Å². The molecule has 0 spiro atoms. The highest BCUT2D eigenvalue weighted by Crippen LogP contribution is 2.15. The molecule has 0 radical (unpaired) electrons. The Kier molecular flexibility index (Phi) is 31.1. The van der Waals surface area contributed by atoms with Gasteiger partial charge in [0.15, 0.2) is 0 Å². The van der Waals surface area contributed by atoms with Gasteiger partial charge in [-0.3, -0.25) is 19.2 Å². The summed E-state index contributed by atoms with van der Waals surface area (Å²) in [7, 11) is 0. The molecule has 1 atom stereocenters. The van der Waals surface area contributed by atoms with Crippen LogP contribution in [0.25, 0.3) is 0 Å². The zero-order valence-electron chi connectivity index (χ0n) is 28.4. The number of carbonyl (C=O) groups is 5. The Morgan fingerprint density at radius 2 is 0.870 bits per heavy atom. The van der Waals surface area contributed by atoms with E-state index in [1.165, 1.54) is 51.9 Å². The molecule has 0 unspecified atom stereocenters. The summed E-state index contributed by atoms with van der Waals surface area (Å²) in [5.41, 5.74) is 0. The van der Waals surface area contributed by atoms with E-state index in [-0.39, 0.29) is 43.9 Å². The summed E-state index contributed by atoms with van der Waals surface area (Å²) in [6.07, 6.45) is 16.3. The largest absolute Gasteiger partial charge is 0.481 e. The second-order valence-electron chi connectivity index (χ2n) is 12.0. The van der Waals surface area contributed by atoms with E-state index < -0.39 is 17.9 Å². The smallest absolute Gasteiger partial charge is 0.306 e. The first kappa shape index (κ1) is 43.8. The molecule has 0 amide bonds. The molecule has 0 saturated carbocycles. The molecule has 0 heterocycles. The highest BCUT2D eigenvalue weighted by Gasteiger charge is 2.21. The lowest BCUT2D eigenvalue weighted by Crippen LogP contribution is -2.20. The zero-order chi connectivity index (χ0) is 34.1. The van der Waals surface area contributed by atoms with Gasteiger partial charge in [-0.05, 0) is 32.6 Å². The number of ketones is 3. The van der Waals surface area contributed by atoms with Crippen molar-refractivity contribution in [3.8, 4) is 0 Å². The van der Waals surface area contributed by atoms with Crippen molar-refractivity contribution >= 4 is 29.3 Å². The van der Waals surface area contributed by atoms with Crippen LogP contribution >= 0.6 is 0 Å². The minimum absolute atomic E-state index is 0.0894. The molecule has 0 aromatic carbocycles. The third-order valence-electron chi connectivity index (χ3n) is 7.65. The number of carboxylic acids is 2. The standard InChI is InChI=1S/C35H62O11/c1-30(36)18-19-31(35(41)42)29-33(38)20-22-44-24-26-46-28-27-45-25-23-43-21-14-16-32(37)15-12-10-8-6-4-2-3-5-7-9-11-13-17-34(39)40/h31H,2-29H2,1H3,(H,39,40)(H,41,42)/t31-/m1/s1. The second kappa shape index (κ2) is 32.7. The lowest BCUT2D eigenvalue weighted by molar-refractivity contribution is -0.144. The Balaban J connectivity index is 3.35. The average Bonchev–Trinajstić information content (AvgIpc) is 3.00. The number of rotatable bonds is 37. The third-order valence-corrected chi connectivity index (χ3v) is 7.65. The van der Waals surface area contributed by atoms with Crippen LogP contribution in [0, 0.1) is 5.92 Å². The van der Waals surface area contributed by atoms with E-state index in [2.05, 4.69) is 0 Å². The molecule has 0 aromatic rings.